The maximum Gasteiger partial charge on any atom is 0.246 e. The molecule has 0 bridgehead atoms. The largest absolute Gasteiger partial charge is 0.495 e. The van der Waals surface area contributed by atoms with Gasteiger partial charge in [-0.15, -0.1) is 0 Å². The molecule has 2 aromatic carbocycles. The highest BCUT2D eigenvalue weighted by molar-refractivity contribution is 7.89. The molecule has 3 rings (SSSR count). The Morgan fingerprint density at radius 3 is 2.38 bits per heavy atom. The van der Waals surface area contributed by atoms with Crippen molar-refractivity contribution in [1.29, 1.82) is 0 Å². The molecule has 1 amide bonds. The van der Waals surface area contributed by atoms with E-state index >= 15 is 0 Å². The minimum absolute atomic E-state index is 0.0970. The average Bonchev–Trinajstić information content (AvgIpc) is 2.79. The van der Waals surface area contributed by atoms with Crippen molar-refractivity contribution in [2.45, 2.75) is 35.1 Å². The number of benzene rings is 2. The molecule has 9 nitrogen and oxygen atoms in total. The average molecular weight is 482 g/mol. The van der Waals surface area contributed by atoms with E-state index in [1.807, 2.05) is 0 Å². The monoisotopic (exact) mass is 481 g/mol. The number of carbonyl (C=O) groups excluding carboxylic acids is 1. The standard InChI is InChI=1S/C21H27N3O6S2/c1-23(2)32(28,29)20-15-16(12-13-19(20)30-3)22-21(25)18-11-7-8-14-24(18)31(26,27)17-9-5-4-6-10-17/h4-6,9-10,12-13,15,18H,7-8,11,14H2,1-3H3,(H,22,25). The summed E-state index contributed by atoms with van der Waals surface area (Å²) >= 11 is 0. The smallest absolute Gasteiger partial charge is 0.246 e. The first kappa shape index (κ1) is 24.2. The van der Waals surface area contributed by atoms with Crippen LogP contribution in [0.25, 0.3) is 0 Å². The van der Waals surface area contributed by atoms with Gasteiger partial charge in [0.05, 0.1) is 12.0 Å². The number of methoxy groups -OCH3 is 1. The van der Waals surface area contributed by atoms with Gasteiger partial charge in [-0.1, -0.05) is 24.6 Å². The number of nitrogens with one attached hydrogen (secondary N) is 1. The summed E-state index contributed by atoms with van der Waals surface area (Å²) in [4.78, 5) is 13.1. The summed E-state index contributed by atoms with van der Waals surface area (Å²) in [6.45, 7) is 0.234. The summed E-state index contributed by atoms with van der Waals surface area (Å²) < 4.78 is 59.0. The Kier molecular flexibility index (Phi) is 7.23. The Labute approximate surface area is 189 Å². The Morgan fingerprint density at radius 1 is 1.06 bits per heavy atom. The molecule has 174 valence electrons. The molecule has 1 unspecified atom stereocenters. The predicted molar refractivity (Wildman–Crippen MR) is 120 cm³/mol. The fourth-order valence-electron chi connectivity index (χ4n) is 3.56. The van der Waals surface area contributed by atoms with Crippen LogP contribution in [0, 0.1) is 0 Å². The van der Waals surface area contributed by atoms with E-state index in [9.17, 15) is 21.6 Å². The molecule has 0 radical (unpaired) electrons. The minimum Gasteiger partial charge on any atom is -0.495 e. The molecule has 1 heterocycles. The third kappa shape index (κ3) is 4.80. The van der Waals surface area contributed by atoms with Crippen LogP contribution in [0.15, 0.2) is 58.3 Å². The van der Waals surface area contributed by atoms with E-state index in [4.69, 9.17) is 4.74 Å². The van der Waals surface area contributed by atoms with Gasteiger partial charge in [-0.3, -0.25) is 4.79 Å². The fourth-order valence-corrected chi connectivity index (χ4v) is 6.31. The first-order valence-electron chi connectivity index (χ1n) is 10.1. The Balaban J connectivity index is 1.90. The molecule has 1 aliphatic rings. The second-order valence-electron chi connectivity index (χ2n) is 7.58. The van der Waals surface area contributed by atoms with Crippen molar-refractivity contribution in [3.05, 3.63) is 48.5 Å². The molecular weight excluding hydrogens is 454 g/mol. The van der Waals surface area contributed by atoms with Gasteiger partial charge in [-0.05, 0) is 43.2 Å². The lowest BCUT2D eigenvalue weighted by Crippen LogP contribution is -2.49. The number of carbonyl (C=O) groups is 1. The van der Waals surface area contributed by atoms with E-state index in [0.29, 0.717) is 19.3 Å². The fraction of sp³-hybridized carbons (Fsp3) is 0.381. The highest BCUT2D eigenvalue weighted by Gasteiger charge is 2.37. The molecule has 0 aromatic heterocycles. The van der Waals surface area contributed by atoms with Crippen molar-refractivity contribution < 1.29 is 26.4 Å². The van der Waals surface area contributed by atoms with Crippen molar-refractivity contribution in [2.24, 2.45) is 0 Å². The van der Waals surface area contributed by atoms with Gasteiger partial charge >= 0.3 is 0 Å². The van der Waals surface area contributed by atoms with Crippen molar-refractivity contribution in [3.8, 4) is 5.75 Å². The number of rotatable bonds is 7. The summed E-state index contributed by atoms with van der Waals surface area (Å²) in [6.07, 6.45) is 1.74. The van der Waals surface area contributed by atoms with E-state index in [0.717, 1.165) is 4.31 Å². The van der Waals surface area contributed by atoms with Crippen LogP contribution >= 0.6 is 0 Å². The van der Waals surface area contributed by atoms with Crippen LogP contribution in [-0.2, 0) is 24.8 Å². The molecule has 0 aliphatic carbocycles. The van der Waals surface area contributed by atoms with Crippen LogP contribution in [0.1, 0.15) is 19.3 Å². The van der Waals surface area contributed by atoms with Crippen LogP contribution < -0.4 is 10.1 Å². The number of anilines is 1. The van der Waals surface area contributed by atoms with Gasteiger partial charge in [0.25, 0.3) is 0 Å². The second kappa shape index (κ2) is 9.57. The maximum absolute atomic E-state index is 13.1. The Bertz CT molecular complexity index is 1180. The van der Waals surface area contributed by atoms with Gasteiger partial charge in [0.15, 0.2) is 0 Å². The zero-order chi connectivity index (χ0) is 23.5. The normalized spacial score (nSPS) is 17.8. The molecule has 1 fully saturated rings. The molecule has 32 heavy (non-hydrogen) atoms. The summed E-state index contributed by atoms with van der Waals surface area (Å²) in [5.74, 6) is -0.370. The van der Waals surface area contributed by atoms with Crippen LogP contribution in [-0.4, -0.2) is 65.1 Å². The molecule has 1 N–H and O–H groups in total. The molecular formula is C21H27N3O6S2. The molecule has 1 saturated heterocycles. The number of hydrogen-bond donors (Lipinski definition) is 1. The van der Waals surface area contributed by atoms with E-state index in [-0.39, 0.29) is 27.8 Å². The topological polar surface area (TPSA) is 113 Å². The van der Waals surface area contributed by atoms with Crippen molar-refractivity contribution in [3.63, 3.8) is 0 Å². The Hall–Kier alpha value is -2.47. The van der Waals surface area contributed by atoms with E-state index in [1.54, 1.807) is 18.2 Å². The molecule has 0 spiro atoms. The van der Waals surface area contributed by atoms with Crippen LogP contribution in [0.4, 0.5) is 5.69 Å². The van der Waals surface area contributed by atoms with Crippen molar-refractivity contribution in [2.75, 3.05) is 33.1 Å². The SMILES string of the molecule is COc1ccc(NC(=O)C2CCCCN2S(=O)(=O)c2ccccc2)cc1S(=O)(=O)N(C)C. The van der Waals surface area contributed by atoms with Gasteiger partial charge in [0, 0.05) is 26.3 Å². The number of hydrogen-bond acceptors (Lipinski definition) is 6. The highest BCUT2D eigenvalue weighted by Crippen LogP contribution is 2.30. The highest BCUT2D eigenvalue weighted by atomic mass is 32.2. The lowest BCUT2D eigenvalue weighted by molar-refractivity contribution is -0.120. The quantitative estimate of drug-likeness (QED) is 0.648. The van der Waals surface area contributed by atoms with E-state index in [1.165, 1.54) is 55.8 Å². The third-order valence-electron chi connectivity index (χ3n) is 5.30. The third-order valence-corrected chi connectivity index (χ3v) is 9.05. The summed E-state index contributed by atoms with van der Waals surface area (Å²) in [6, 6.07) is 11.4. The van der Waals surface area contributed by atoms with Gasteiger partial charge < -0.3 is 10.1 Å². The summed E-state index contributed by atoms with van der Waals surface area (Å²) in [7, 11) is -3.52. The molecule has 0 saturated carbocycles. The van der Waals surface area contributed by atoms with Gasteiger partial charge in [-0.2, -0.15) is 4.31 Å². The predicted octanol–water partition coefficient (Wildman–Crippen LogP) is 2.13. The van der Waals surface area contributed by atoms with Crippen LogP contribution in [0.3, 0.4) is 0 Å². The first-order valence-corrected chi connectivity index (χ1v) is 13.0. The molecule has 11 heteroatoms. The van der Waals surface area contributed by atoms with Gasteiger partial charge in [-0.25, -0.2) is 21.1 Å². The zero-order valence-corrected chi connectivity index (χ0v) is 19.8. The number of nitrogens with zero attached hydrogens (tertiary/aromatic N) is 2. The summed E-state index contributed by atoms with van der Waals surface area (Å²) in [5, 5.41) is 2.68. The van der Waals surface area contributed by atoms with Gasteiger partial charge in [0.2, 0.25) is 26.0 Å². The molecule has 2 aromatic rings. The number of piperidine rings is 1. The van der Waals surface area contributed by atoms with E-state index < -0.39 is 32.0 Å². The lowest BCUT2D eigenvalue weighted by atomic mass is 10.0. The van der Waals surface area contributed by atoms with Crippen LogP contribution in [0.2, 0.25) is 0 Å². The van der Waals surface area contributed by atoms with Crippen molar-refractivity contribution in [1.82, 2.24) is 8.61 Å². The second-order valence-corrected chi connectivity index (χ2v) is 11.6. The van der Waals surface area contributed by atoms with Crippen molar-refractivity contribution >= 4 is 31.6 Å². The zero-order valence-electron chi connectivity index (χ0n) is 18.2. The summed E-state index contributed by atoms with van der Waals surface area (Å²) in [5.41, 5.74) is 0.235. The first-order chi connectivity index (χ1) is 15.1. The lowest BCUT2D eigenvalue weighted by Gasteiger charge is -2.33. The van der Waals surface area contributed by atoms with Gasteiger partial charge in [0.1, 0.15) is 16.7 Å². The van der Waals surface area contributed by atoms with Crippen LogP contribution in [0.5, 0.6) is 5.75 Å². The van der Waals surface area contributed by atoms with E-state index in [2.05, 4.69) is 5.32 Å². The minimum atomic E-state index is -3.85. The molecule has 1 atom stereocenters. The Morgan fingerprint density at radius 2 is 1.75 bits per heavy atom. The number of sulfonamides is 2. The number of ether oxygens (including phenoxy) is 1. The molecule has 1 aliphatic heterocycles. The maximum atomic E-state index is 13.1. The number of amides is 1.